The summed E-state index contributed by atoms with van der Waals surface area (Å²) in [5.41, 5.74) is 11.5. The maximum atomic E-state index is 6.28. The summed E-state index contributed by atoms with van der Waals surface area (Å²) in [6.07, 6.45) is -0.0574. The van der Waals surface area contributed by atoms with E-state index in [1.807, 2.05) is 12.1 Å². The number of hydrogen-bond acceptors (Lipinski definition) is 3. The van der Waals surface area contributed by atoms with Gasteiger partial charge < -0.3 is 14.3 Å². The maximum absolute atomic E-state index is 6.28. The van der Waals surface area contributed by atoms with Crippen molar-refractivity contribution < 1.29 is 4.42 Å². The SMILES string of the molecule is Cc1cccc(C2NC(c3cccc(-n4c5ccccc5c5cc6oc7ccccc7c6cc54)c3)Nc3ccccc32)c1. The highest BCUT2D eigenvalue weighted by molar-refractivity contribution is 6.17. The van der Waals surface area contributed by atoms with Gasteiger partial charge in [-0.15, -0.1) is 0 Å². The van der Waals surface area contributed by atoms with Gasteiger partial charge in [-0.1, -0.05) is 96.6 Å². The topological polar surface area (TPSA) is 42.1 Å². The van der Waals surface area contributed by atoms with Crippen LogP contribution in [0.2, 0.25) is 0 Å². The second-order valence-electron chi connectivity index (χ2n) is 11.6. The highest BCUT2D eigenvalue weighted by atomic mass is 16.3. The molecular formula is C39H29N3O. The summed E-state index contributed by atoms with van der Waals surface area (Å²) >= 11 is 0. The number of benzene rings is 6. The standard InChI is InChI=1S/C39H29N3O/c1-24-10-8-11-25(20-24)38-30-16-2-5-17-33(30)40-39(41-38)26-12-9-13-27(21-26)42-34-18-6-3-14-28(34)31-23-37-32(22-35(31)42)29-15-4-7-19-36(29)43-37/h2-23,38-41H,1H3. The smallest absolute Gasteiger partial charge is 0.136 e. The van der Waals surface area contributed by atoms with Crippen LogP contribution in [0, 0.1) is 6.92 Å². The number of hydrogen-bond donors (Lipinski definition) is 2. The van der Waals surface area contributed by atoms with Gasteiger partial charge in [0.25, 0.3) is 0 Å². The average Bonchev–Trinajstić information content (AvgIpc) is 3.58. The van der Waals surface area contributed by atoms with Crippen molar-refractivity contribution in [1.82, 2.24) is 9.88 Å². The molecule has 0 bridgehead atoms. The molecule has 1 aliphatic heterocycles. The van der Waals surface area contributed by atoms with Crippen LogP contribution in [0.1, 0.15) is 34.5 Å². The third-order valence-corrected chi connectivity index (χ3v) is 8.91. The van der Waals surface area contributed by atoms with Gasteiger partial charge in [0.15, 0.2) is 0 Å². The molecule has 2 N–H and O–H groups in total. The minimum atomic E-state index is -0.0574. The molecule has 2 atom stereocenters. The van der Waals surface area contributed by atoms with E-state index in [9.17, 15) is 0 Å². The van der Waals surface area contributed by atoms with Crippen LogP contribution >= 0.6 is 0 Å². The van der Waals surface area contributed by atoms with Crippen LogP contribution in [0.5, 0.6) is 0 Å². The number of aromatic nitrogens is 1. The number of aryl methyl sites for hydroxylation is 1. The fourth-order valence-corrected chi connectivity index (χ4v) is 6.95. The summed E-state index contributed by atoms with van der Waals surface area (Å²) in [7, 11) is 0. The van der Waals surface area contributed by atoms with Gasteiger partial charge in [0.2, 0.25) is 0 Å². The van der Waals surface area contributed by atoms with E-state index < -0.39 is 0 Å². The maximum Gasteiger partial charge on any atom is 0.136 e. The molecule has 4 heteroatoms. The largest absolute Gasteiger partial charge is 0.456 e. The van der Waals surface area contributed by atoms with Gasteiger partial charge in [0, 0.05) is 32.9 Å². The van der Waals surface area contributed by atoms with Crippen LogP contribution in [-0.2, 0) is 0 Å². The first-order valence-electron chi connectivity index (χ1n) is 14.8. The molecule has 1 aliphatic rings. The van der Waals surface area contributed by atoms with Crippen molar-refractivity contribution in [1.29, 1.82) is 0 Å². The van der Waals surface area contributed by atoms with E-state index in [1.165, 1.54) is 44.1 Å². The lowest BCUT2D eigenvalue weighted by Crippen LogP contribution is -2.37. The first-order valence-corrected chi connectivity index (χ1v) is 14.8. The Labute approximate surface area is 249 Å². The van der Waals surface area contributed by atoms with E-state index in [0.29, 0.717) is 0 Å². The molecule has 0 aliphatic carbocycles. The monoisotopic (exact) mass is 555 g/mol. The molecule has 9 rings (SSSR count). The number of nitrogens with zero attached hydrogens (tertiary/aromatic N) is 1. The lowest BCUT2D eigenvalue weighted by atomic mass is 9.92. The van der Waals surface area contributed by atoms with Crippen molar-refractivity contribution in [3.05, 3.63) is 156 Å². The Kier molecular flexibility index (Phi) is 5.28. The van der Waals surface area contributed by atoms with E-state index >= 15 is 0 Å². The number of rotatable bonds is 3. The molecule has 2 unspecified atom stereocenters. The lowest BCUT2D eigenvalue weighted by molar-refractivity contribution is 0.506. The van der Waals surface area contributed by atoms with E-state index in [-0.39, 0.29) is 12.2 Å². The number of nitrogens with one attached hydrogen (secondary N) is 2. The Bertz CT molecular complexity index is 2340. The van der Waals surface area contributed by atoms with E-state index in [0.717, 1.165) is 33.3 Å². The Balaban J connectivity index is 1.21. The molecule has 4 nitrogen and oxygen atoms in total. The molecule has 6 aromatic carbocycles. The molecule has 0 saturated heterocycles. The molecule has 206 valence electrons. The molecule has 0 spiro atoms. The number of fused-ring (bicyclic) bond motifs is 7. The molecular weight excluding hydrogens is 526 g/mol. The van der Waals surface area contributed by atoms with E-state index in [1.54, 1.807) is 0 Å². The average molecular weight is 556 g/mol. The minimum absolute atomic E-state index is 0.0574. The molecule has 0 fully saturated rings. The third kappa shape index (κ3) is 3.80. The summed E-state index contributed by atoms with van der Waals surface area (Å²) in [5, 5.41) is 12.4. The fourth-order valence-electron chi connectivity index (χ4n) is 6.95. The summed E-state index contributed by atoms with van der Waals surface area (Å²) in [4.78, 5) is 0. The quantitative estimate of drug-likeness (QED) is 0.228. The van der Waals surface area contributed by atoms with Crippen molar-refractivity contribution >= 4 is 49.4 Å². The molecule has 0 radical (unpaired) electrons. The van der Waals surface area contributed by atoms with Crippen LogP contribution in [0.25, 0.3) is 49.4 Å². The van der Waals surface area contributed by atoms with Crippen molar-refractivity contribution in [2.24, 2.45) is 0 Å². The fraction of sp³-hybridized carbons (Fsp3) is 0.0769. The first-order chi connectivity index (χ1) is 21.2. The van der Waals surface area contributed by atoms with Gasteiger partial charge >= 0.3 is 0 Å². The Hall–Kier alpha value is -5.32. The zero-order valence-electron chi connectivity index (χ0n) is 23.7. The van der Waals surface area contributed by atoms with Crippen molar-refractivity contribution in [3.63, 3.8) is 0 Å². The van der Waals surface area contributed by atoms with Crippen LogP contribution in [-0.4, -0.2) is 4.57 Å². The molecule has 8 aromatic rings. The van der Waals surface area contributed by atoms with Crippen LogP contribution < -0.4 is 10.6 Å². The number of furan rings is 1. The Morgan fingerprint density at radius 1 is 0.581 bits per heavy atom. The highest BCUT2D eigenvalue weighted by Gasteiger charge is 2.28. The zero-order valence-corrected chi connectivity index (χ0v) is 23.7. The van der Waals surface area contributed by atoms with Crippen LogP contribution in [0.3, 0.4) is 0 Å². The van der Waals surface area contributed by atoms with E-state index in [4.69, 9.17) is 4.42 Å². The normalized spacial score (nSPS) is 16.6. The van der Waals surface area contributed by atoms with Gasteiger partial charge in [0.1, 0.15) is 17.3 Å². The van der Waals surface area contributed by atoms with Gasteiger partial charge in [-0.25, -0.2) is 0 Å². The summed E-state index contributed by atoms with van der Waals surface area (Å²) in [5.74, 6) is 0. The highest BCUT2D eigenvalue weighted by Crippen LogP contribution is 2.40. The second-order valence-corrected chi connectivity index (χ2v) is 11.6. The summed E-state index contributed by atoms with van der Waals surface area (Å²) in [6, 6.07) is 47.9. The minimum Gasteiger partial charge on any atom is -0.456 e. The zero-order chi connectivity index (χ0) is 28.5. The van der Waals surface area contributed by atoms with Crippen LogP contribution in [0.15, 0.2) is 138 Å². The predicted molar refractivity (Wildman–Crippen MR) is 177 cm³/mol. The van der Waals surface area contributed by atoms with Crippen molar-refractivity contribution in [2.45, 2.75) is 19.1 Å². The molecule has 2 aromatic heterocycles. The Morgan fingerprint density at radius 3 is 2.30 bits per heavy atom. The van der Waals surface area contributed by atoms with Gasteiger partial charge in [-0.2, -0.15) is 0 Å². The molecule has 0 amide bonds. The van der Waals surface area contributed by atoms with Gasteiger partial charge in [-0.05, 0) is 66.1 Å². The molecule has 3 heterocycles. The summed E-state index contributed by atoms with van der Waals surface area (Å²) in [6.45, 7) is 2.16. The number of anilines is 1. The predicted octanol–water partition coefficient (Wildman–Crippen LogP) is 9.79. The summed E-state index contributed by atoms with van der Waals surface area (Å²) < 4.78 is 8.67. The molecule has 0 saturated carbocycles. The second kappa shape index (κ2) is 9.35. The van der Waals surface area contributed by atoms with Gasteiger partial charge in [0.05, 0.1) is 17.1 Å². The third-order valence-electron chi connectivity index (χ3n) is 8.91. The van der Waals surface area contributed by atoms with E-state index in [2.05, 4.69) is 143 Å². The van der Waals surface area contributed by atoms with Crippen molar-refractivity contribution in [2.75, 3.05) is 5.32 Å². The first kappa shape index (κ1) is 24.3. The Morgan fingerprint density at radius 2 is 1.37 bits per heavy atom. The number of para-hydroxylation sites is 3. The lowest BCUT2D eigenvalue weighted by Gasteiger charge is -2.35. The molecule has 43 heavy (non-hydrogen) atoms. The van der Waals surface area contributed by atoms with Crippen LogP contribution in [0.4, 0.5) is 5.69 Å². The van der Waals surface area contributed by atoms with Gasteiger partial charge in [-0.3, -0.25) is 5.32 Å². The van der Waals surface area contributed by atoms with Crippen molar-refractivity contribution in [3.8, 4) is 5.69 Å².